The lowest BCUT2D eigenvalue weighted by Crippen LogP contribution is -2.60. The van der Waals surface area contributed by atoms with Crippen LogP contribution in [0, 0.1) is 0 Å². The molecule has 0 bridgehead atoms. The normalized spacial score (nSPS) is 26.8. The maximum atomic E-state index is 11.3. The van der Waals surface area contributed by atoms with Crippen LogP contribution in [0.25, 0.3) is 0 Å². The number of ether oxygens (including phenoxy) is 4. The van der Waals surface area contributed by atoms with Crippen LogP contribution in [0.2, 0.25) is 0 Å². The highest BCUT2D eigenvalue weighted by Crippen LogP contribution is 2.26. The van der Waals surface area contributed by atoms with E-state index in [1.807, 2.05) is 60.7 Å². The van der Waals surface area contributed by atoms with Crippen molar-refractivity contribution >= 4 is 5.97 Å². The molecule has 7 nitrogen and oxygen atoms in total. The minimum absolute atomic E-state index is 0.0925. The Morgan fingerprint density at radius 3 is 2.10 bits per heavy atom. The first-order chi connectivity index (χ1) is 14.0. The zero-order valence-corrected chi connectivity index (χ0v) is 16.2. The number of benzene rings is 2. The van der Waals surface area contributed by atoms with Crippen LogP contribution in [0.1, 0.15) is 18.1 Å². The van der Waals surface area contributed by atoms with Gasteiger partial charge in [0.25, 0.3) is 0 Å². The van der Waals surface area contributed by atoms with Gasteiger partial charge in [-0.2, -0.15) is 0 Å². The van der Waals surface area contributed by atoms with E-state index in [1.54, 1.807) is 0 Å². The molecule has 1 saturated heterocycles. The van der Waals surface area contributed by atoms with Crippen molar-refractivity contribution in [2.24, 2.45) is 0 Å². The molecule has 2 aromatic rings. The van der Waals surface area contributed by atoms with E-state index in [1.165, 1.54) is 6.92 Å². The zero-order chi connectivity index (χ0) is 20.6. The minimum atomic E-state index is -1.48. The molecular weight excluding hydrogens is 376 g/mol. The van der Waals surface area contributed by atoms with Gasteiger partial charge in [-0.25, -0.2) is 0 Å². The highest BCUT2D eigenvalue weighted by atomic mass is 16.7. The molecule has 2 N–H and O–H groups in total. The Hall–Kier alpha value is -2.29. The van der Waals surface area contributed by atoms with Gasteiger partial charge in [0.05, 0.1) is 19.8 Å². The Labute approximate surface area is 169 Å². The Morgan fingerprint density at radius 2 is 1.52 bits per heavy atom. The molecule has 1 fully saturated rings. The first-order valence-electron chi connectivity index (χ1n) is 9.50. The van der Waals surface area contributed by atoms with Crippen LogP contribution < -0.4 is 0 Å². The lowest BCUT2D eigenvalue weighted by atomic mass is 9.98. The van der Waals surface area contributed by atoms with Gasteiger partial charge < -0.3 is 29.2 Å². The van der Waals surface area contributed by atoms with E-state index in [0.717, 1.165) is 11.1 Å². The molecule has 7 heteroatoms. The fourth-order valence-corrected chi connectivity index (χ4v) is 3.20. The van der Waals surface area contributed by atoms with Crippen LogP contribution >= 0.6 is 0 Å². The lowest BCUT2D eigenvalue weighted by Gasteiger charge is -2.41. The summed E-state index contributed by atoms with van der Waals surface area (Å²) < 4.78 is 22.2. The number of carbonyl (C=O) groups is 1. The second-order valence-corrected chi connectivity index (χ2v) is 6.89. The van der Waals surface area contributed by atoms with E-state index < -0.39 is 36.7 Å². The lowest BCUT2D eigenvalue weighted by molar-refractivity contribution is -0.301. The average molecular weight is 402 g/mol. The maximum absolute atomic E-state index is 11.3. The molecule has 156 valence electrons. The highest BCUT2D eigenvalue weighted by Gasteiger charge is 2.47. The molecule has 5 atom stereocenters. The molecule has 0 spiro atoms. The molecular formula is C22H26O7. The van der Waals surface area contributed by atoms with Crippen molar-refractivity contribution in [3.05, 3.63) is 71.8 Å². The molecule has 0 aromatic heterocycles. The second-order valence-electron chi connectivity index (χ2n) is 6.89. The molecule has 0 aliphatic carbocycles. The molecule has 0 saturated carbocycles. The van der Waals surface area contributed by atoms with Gasteiger partial charge in [0.2, 0.25) is 0 Å². The SMILES string of the molecule is CC(=O)O[C@@H]1[C@@H](O)[C@H](OCc2ccccc2)[C@@H](COCc2ccccc2)O[C@H]1O. The number of aliphatic hydroxyl groups is 2. The first kappa shape index (κ1) is 21.4. The third kappa shape index (κ3) is 6.09. The summed E-state index contributed by atoms with van der Waals surface area (Å²) in [5.74, 6) is -0.628. The predicted molar refractivity (Wildman–Crippen MR) is 104 cm³/mol. The largest absolute Gasteiger partial charge is 0.454 e. The summed E-state index contributed by atoms with van der Waals surface area (Å²) in [6.07, 6.45) is -5.57. The number of aliphatic hydroxyl groups excluding tert-OH is 2. The van der Waals surface area contributed by atoms with E-state index in [0.29, 0.717) is 6.61 Å². The number of rotatable bonds is 8. The Morgan fingerprint density at radius 1 is 0.931 bits per heavy atom. The van der Waals surface area contributed by atoms with E-state index in [4.69, 9.17) is 18.9 Å². The van der Waals surface area contributed by atoms with Crippen molar-refractivity contribution in [1.29, 1.82) is 0 Å². The molecule has 29 heavy (non-hydrogen) atoms. The van der Waals surface area contributed by atoms with E-state index in [-0.39, 0.29) is 13.2 Å². The van der Waals surface area contributed by atoms with Crippen LogP contribution in [0.3, 0.4) is 0 Å². The fourth-order valence-electron chi connectivity index (χ4n) is 3.20. The number of hydrogen-bond acceptors (Lipinski definition) is 7. The van der Waals surface area contributed by atoms with Crippen molar-refractivity contribution in [1.82, 2.24) is 0 Å². The van der Waals surface area contributed by atoms with Gasteiger partial charge in [0, 0.05) is 6.92 Å². The number of esters is 1. The molecule has 1 aliphatic rings. The summed E-state index contributed by atoms with van der Waals surface area (Å²) in [5.41, 5.74) is 1.91. The van der Waals surface area contributed by atoms with Gasteiger partial charge in [-0.3, -0.25) is 4.79 Å². The molecule has 1 heterocycles. The summed E-state index contributed by atoms with van der Waals surface area (Å²) in [4.78, 5) is 11.3. The number of hydrogen-bond donors (Lipinski definition) is 2. The summed E-state index contributed by atoms with van der Waals surface area (Å²) in [6.45, 7) is 1.87. The third-order valence-corrected chi connectivity index (χ3v) is 4.62. The van der Waals surface area contributed by atoms with Crippen LogP contribution in [0.5, 0.6) is 0 Å². The number of carbonyl (C=O) groups excluding carboxylic acids is 1. The van der Waals surface area contributed by atoms with Crippen molar-refractivity contribution in [2.75, 3.05) is 6.61 Å². The summed E-state index contributed by atoms with van der Waals surface area (Å²) in [5, 5.41) is 20.9. The van der Waals surface area contributed by atoms with Crippen molar-refractivity contribution < 1.29 is 34.0 Å². The van der Waals surface area contributed by atoms with Crippen LogP contribution in [0.4, 0.5) is 0 Å². The Balaban J connectivity index is 1.66. The van der Waals surface area contributed by atoms with Gasteiger partial charge in [0.1, 0.15) is 18.3 Å². The second kappa shape index (κ2) is 10.5. The molecule has 0 radical (unpaired) electrons. The molecule has 3 rings (SSSR count). The van der Waals surface area contributed by atoms with Crippen molar-refractivity contribution in [3.63, 3.8) is 0 Å². The highest BCUT2D eigenvalue weighted by molar-refractivity contribution is 5.66. The quantitative estimate of drug-likeness (QED) is 0.650. The van der Waals surface area contributed by atoms with Gasteiger partial charge in [-0.15, -0.1) is 0 Å². The third-order valence-electron chi connectivity index (χ3n) is 4.62. The summed E-state index contributed by atoms with van der Waals surface area (Å²) >= 11 is 0. The molecule has 0 unspecified atom stereocenters. The summed E-state index contributed by atoms with van der Waals surface area (Å²) in [7, 11) is 0. The molecule has 1 aliphatic heterocycles. The maximum Gasteiger partial charge on any atom is 0.303 e. The average Bonchev–Trinajstić information content (AvgIpc) is 2.72. The van der Waals surface area contributed by atoms with Gasteiger partial charge >= 0.3 is 5.97 Å². The molecule has 2 aromatic carbocycles. The smallest absolute Gasteiger partial charge is 0.303 e. The van der Waals surface area contributed by atoms with E-state index in [2.05, 4.69) is 0 Å². The van der Waals surface area contributed by atoms with E-state index >= 15 is 0 Å². The van der Waals surface area contributed by atoms with Crippen LogP contribution in [-0.2, 0) is 37.0 Å². The van der Waals surface area contributed by atoms with Crippen molar-refractivity contribution in [2.45, 2.75) is 50.8 Å². The van der Waals surface area contributed by atoms with Crippen LogP contribution in [0.15, 0.2) is 60.7 Å². The zero-order valence-electron chi connectivity index (χ0n) is 16.2. The Kier molecular flexibility index (Phi) is 7.74. The molecule has 0 amide bonds. The monoisotopic (exact) mass is 402 g/mol. The van der Waals surface area contributed by atoms with Crippen molar-refractivity contribution in [3.8, 4) is 0 Å². The van der Waals surface area contributed by atoms with Gasteiger partial charge in [0.15, 0.2) is 12.4 Å². The summed E-state index contributed by atoms with van der Waals surface area (Å²) in [6, 6.07) is 19.1. The van der Waals surface area contributed by atoms with Gasteiger partial charge in [-0.1, -0.05) is 60.7 Å². The standard InChI is InChI=1S/C22H26O7/c1-15(23)28-21-19(24)20(27-13-17-10-6-3-7-11-17)18(29-22(21)25)14-26-12-16-8-4-2-5-9-16/h2-11,18-22,24-25H,12-14H2,1H3/t18-,19+,20-,21-,22-/m1/s1. The Bertz CT molecular complexity index is 752. The van der Waals surface area contributed by atoms with Gasteiger partial charge in [-0.05, 0) is 11.1 Å². The van der Waals surface area contributed by atoms with E-state index in [9.17, 15) is 15.0 Å². The topological polar surface area (TPSA) is 94.5 Å². The van der Waals surface area contributed by atoms with Crippen LogP contribution in [-0.4, -0.2) is 53.5 Å². The fraction of sp³-hybridized carbons (Fsp3) is 0.409. The minimum Gasteiger partial charge on any atom is -0.454 e. The first-order valence-corrected chi connectivity index (χ1v) is 9.50. The predicted octanol–water partition coefficient (Wildman–Crippen LogP) is 1.80.